The van der Waals surface area contributed by atoms with Crippen molar-refractivity contribution in [3.8, 4) is 16.9 Å². The highest BCUT2D eigenvalue weighted by Crippen LogP contribution is 2.15. The molecule has 2 aromatic rings. The molecule has 0 saturated carbocycles. The second kappa shape index (κ2) is 5.73. The minimum Gasteiger partial charge on any atom is -0.508 e. The van der Waals surface area contributed by atoms with Crippen molar-refractivity contribution in [3.63, 3.8) is 0 Å². The zero-order valence-corrected chi connectivity index (χ0v) is 11.5. The van der Waals surface area contributed by atoms with Gasteiger partial charge >= 0.3 is 0 Å². The summed E-state index contributed by atoms with van der Waals surface area (Å²) in [5.74, 6) is 3.55. The quantitative estimate of drug-likeness (QED) is 0.673. The van der Waals surface area contributed by atoms with Crippen molar-refractivity contribution in [1.82, 2.24) is 0 Å². The van der Waals surface area contributed by atoms with Crippen LogP contribution in [0, 0.1) is 11.2 Å². The fraction of sp³-hybridized carbons (Fsp3) is 0.125. The lowest BCUT2D eigenvalue weighted by Crippen LogP contribution is -2.08. The molecule has 0 heterocycles. The topological polar surface area (TPSA) is 37.3 Å². The van der Waals surface area contributed by atoms with Gasteiger partial charge in [-0.3, -0.25) is 0 Å². The molecular formula is C16H15O2S+. The van der Waals surface area contributed by atoms with E-state index in [0.29, 0.717) is 5.75 Å². The molecule has 3 heteroatoms. The molecule has 2 nitrogen and oxygen atoms in total. The maximum absolute atomic E-state index is 12.4. The summed E-state index contributed by atoms with van der Waals surface area (Å²) in [6, 6.07) is 16.2. The Morgan fingerprint density at radius 3 is 2.32 bits per heavy atom. The van der Waals surface area contributed by atoms with Gasteiger partial charge in [-0.25, -0.2) is 0 Å². The van der Waals surface area contributed by atoms with Crippen LogP contribution in [0.4, 0.5) is 0 Å². The average Bonchev–Trinajstić information content (AvgIpc) is 2.40. The first-order valence-electron chi connectivity index (χ1n) is 5.88. The summed E-state index contributed by atoms with van der Waals surface area (Å²) in [7, 11) is -2.24. The van der Waals surface area contributed by atoms with Gasteiger partial charge in [-0.05, 0) is 30.2 Å². The molecule has 0 fully saturated rings. The van der Waals surface area contributed by atoms with Crippen LogP contribution < -0.4 is 0 Å². The molecule has 0 aromatic heterocycles. The summed E-state index contributed by atoms with van der Waals surface area (Å²) in [6.45, 7) is 0. The van der Waals surface area contributed by atoms with E-state index in [9.17, 15) is 9.32 Å². The fourth-order valence-electron chi connectivity index (χ4n) is 1.63. The molecule has 0 radical (unpaired) electrons. The second-order valence-corrected chi connectivity index (χ2v) is 6.91. The molecular weight excluding hydrogens is 256 g/mol. The first kappa shape index (κ1) is 13.4. The van der Waals surface area contributed by atoms with Gasteiger partial charge in [0.1, 0.15) is 17.8 Å². The minimum absolute atomic E-state index is 0.210. The van der Waals surface area contributed by atoms with E-state index >= 15 is 0 Å². The van der Waals surface area contributed by atoms with E-state index in [4.69, 9.17) is 0 Å². The molecule has 19 heavy (non-hydrogen) atoms. The van der Waals surface area contributed by atoms with Crippen molar-refractivity contribution < 1.29 is 9.32 Å². The summed E-state index contributed by atoms with van der Waals surface area (Å²) in [4.78, 5) is 0. The van der Waals surface area contributed by atoms with Crippen LogP contribution in [0.25, 0.3) is 0 Å². The van der Waals surface area contributed by atoms with Crippen LogP contribution in [0.3, 0.4) is 0 Å². The molecule has 0 aliphatic carbocycles. The van der Waals surface area contributed by atoms with Gasteiger partial charge < -0.3 is 5.11 Å². The van der Waals surface area contributed by atoms with Crippen molar-refractivity contribution in [2.24, 2.45) is 0 Å². The molecule has 0 aliphatic rings. The van der Waals surface area contributed by atoms with Crippen LogP contribution in [-0.4, -0.2) is 11.4 Å². The van der Waals surface area contributed by atoms with Gasteiger partial charge in [-0.1, -0.05) is 34.5 Å². The average molecular weight is 271 g/mol. The standard InChI is InChI=1S/C16H14O2S/c1-19(18,12-11-14-5-3-2-4-6-14)13-15-7-9-16(17)10-8-15/h2-10H,13H2,1H3/p+1. The molecule has 0 saturated heterocycles. The third-order valence-corrected chi connectivity index (χ3v) is 3.98. The van der Waals surface area contributed by atoms with Crippen LogP contribution in [-0.2, 0) is 19.9 Å². The van der Waals surface area contributed by atoms with Gasteiger partial charge in [0.2, 0.25) is 0 Å². The summed E-state index contributed by atoms with van der Waals surface area (Å²) < 4.78 is 12.4. The van der Waals surface area contributed by atoms with Crippen LogP contribution >= 0.6 is 0 Å². The highest BCUT2D eigenvalue weighted by atomic mass is 32.2. The number of phenolic OH excluding ortho intramolecular Hbond substituents is 1. The number of hydrogen-bond donors (Lipinski definition) is 1. The summed E-state index contributed by atoms with van der Waals surface area (Å²) in [6.07, 6.45) is 1.66. The Kier molecular flexibility index (Phi) is 4.03. The minimum atomic E-state index is -2.24. The van der Waals surface area contributed by atoms with Crippen LogP contribution in [0.1, 0.15) is 11.1 Å². The summed E-state index contributed by atoms with van der Waals surface area (Å²) in [5.41, 5.74) is 1.77. The maximum atomic E-state index is 12.4. The number of hydrogen-bond acceptors (Lipinski definition) is 2. The highest BCUT2D eigenvalue weighted by molar-refractivity contribution is 8.05. The van der Waals surface area contributed by atoms with E-state index in [1.165, 1.54) is 0 Å². The van der Waals surface area contributed by atoms with Crippen molar-refractivity contribution >= 4 is 9.93 Å². The normalized spacial score (nSPS) is 13.1. The Bertz CT molecular complexity index is 649. The van der Waals surface area contributed by atoms with Gasteiger partial charge in [0, 0.05) is 11.1 Å². The van der Waals surface area contributed by atoms with Crippen molar-refractivity contribution in [3.05, 3.63) is 65.7 Å². The maximum Gasteiger partial charge on any atom is 0.162 e. The highest BCUT2D eigenvalue weighted by Gasteiger charge is 2.19. The fourth-order valence-corrected chi connectivity index (χ4v) is 2.87. The first-order chi connectivity index (χ1) is 9.05. The zero-order chi connectivity index (χ0) is 13.7. The molecule has 96 valence electrons. The van der Waals surface area contributed by atoms with E-state index in [0.717, 1.165) is 11.1 Å². The van der Waals surface area contributed by atoms with Gasteiger partial charge in [0.25, 0.3) is 0 Å². The summed E-state index contributed by atoms with van der Waals surface area (Å²) >= 11 is 0. The van der Waals surface area contributed by atoms with Crippen molar-refractivity contribution in [2.75, 3.05) is 6.26 Å². The van der Waals surface area contributed by atoms with Crippen molar-refractivity contribution in [1.29, 1.82) is 0 Å². The number of phenols is 1. The Morgan fingerprint density at radius 2 is 1.68 bits per heavy atom. The monoisotopic (exact) mass is 271 g/mol. The van der Waals surface area contributed by atoms with E-state index in [1.807, 2.05) is 30.3 Å². The SMILES string of the molecule is C[S+](=O)(C#Cc1ccccc1)Cc1ccc(O)cc1. The van der Waals surface area contributed by atoms with Crippen molar-refractivity contribution in [2.45, 2.75) is 5.75 Å². The third kappa shape index (κ3) is 4.27. The van der Waals surface area contributed by atoms with E-state index in [-0.39, 0.29) is 5.75 Å². The molecule has 0 aliphatic heterocycles. The summed E-state index contributed by atoms with van der Waals surface area (Å²) in [5, 5.41) is 12.1. The van der Waals surface area contributed by atoms with E-state index in [2.05, 4.69) is 11.2 Å². The van der Waals surface area contributed by atoms with Gasteiger partial charge in [-0.2, -0.15) is 0 Å². The Labute approximate surface area is 114 Å². The molecule has 0 amide bonds. The molecule has 0 spiro atoms. The zero-order valence-electron chi connectivity index (χ0n) is 10.7. The van der Waals surface area contributed by atoms with Crippen LogP contribution in [0.15, 0.2) is 54.6 Å². The predicted molar refractivity (Wildman–Crippen MR) is 79.1 cm³/mol. The van der Waals surface area contributed by atoms with Gasteiger partial charge in [0.05, 0.1) is 0 Å². The smallest absolute Gasteiger partial charge is 0.162 e. The van der Waals surface area contributed by atoms with Crippen LogP contribution in [0.2, 0.25) is 0 Å². The van der Waals surface area contributed by atoms with E-state index in [1.54, 1.807) is 30.5 Å². The van der Waals surface area contributed by atoms with E-state index < -0.39 is 9.93 Å². The lowest BCUT2D eigenvalue weighted by Gasteiger charge is -2.00. The van der Waals surface area contributed by atoms with Gasteiger partial charge in [0.15, 0.2) is 15.2 Å². The second-order valence-electron chi connectivity index (χ2n) is 4.41. The number of aromatic hydroxyl groups is 1. The van der Waals surface area contributed by atoms with Crippen LogP contribution in [0.5, 0.6) is 5.75 Å². The number of benzene rings is 2. The largest absolute Gasteiger partial charge is 0.508 e. The molecule has 1 unspecified atom stereocenters. The first-order valence-corrected chi connectivity index (χ1v) is 8.01. The lowest BCUT2D eigenvalue weighted by molar-refractivity contribution is 0.475. The molecule has 2 rings (SSSR count). The Morgan fingerprint density at radius 1 is 1.05 bits per heavy atom. The third-order valence-electron chi connectivity index (χ3n) is 2.56. The molecule has 1 N–H and O–H groups in total. The number of rotatable bonds is 2. The Balaban J connectivity index is 2.13. The van der Waals surface area contributed by atoms with Gasteiger partial charge in [-0.15, -0.1) is 0 Å². The molecule has 2 aromatic carbocycles. The lowest BCUT2D eigenvalue weighted by atomic mass is 10.2. The molecule has 1 atom stereocenters. The predicted octanol–water partition coefficient (Wildman–Crippen LogP) is 3.03. The molecule has 0 bridgehead atoms. The Hall–Kier alpha value is -2.05.